The Labute approximate surface area is 99.9 Å². The van der Waals surface area contributed by atoms with Gasteiger partial charge < -0.3 is 9.84 Å². The Morgan fingerprint density at radius 3 is 2.61 bits per heavy atom. The molecule has 0 aliphatic rings. The molecule has 0 aliphatic carbocycles. The maximum Gasteiger partial charge on any atom is 0.387 e. The number of halogens is 2. The molecule has 0 unspecified atom stereocenters. The first kappa shape index (κ1) is 13.8. The van der Waals surface area contributed by atoms with E-state index in [-0.39, 0.29) is 16.9 Å². The van der Waals surface area contributed by atoms with Gasteiger partial charge in [0.05, 0.1) is 17.4 Å². The van der Waals surface area contributed by atoms with Crippen LogP contribution in [0.15, 0.2) is 12.1 Å². The number of nitro benzene ring substituents is 1. The molecular weight excluding hydrogens is 252 g/mol. The zero-order valence-electron chi connectivity index (χ0n) is 9.22. The van der Waals surface area contributed by atoms with Gasteiger partial charge in [-0.2, -0.15) is 8.78 Å². The van der Waals surface area contributed by atoms with Crippen LogP contribution < -0.4 is 4.74 Å². The number of benzene rings is 1. The summed E-state index contributed by atoms with van der Waals surface area (Å²) in [7, 11) is 0. The van der Waals surface area contributed by atoms with E-state index >= 15 is 0 Å². The van der Waals surface area contributed by atoms with Crippen LogP contribution in [-0.2, 0) is 11.2 Å². The van der Waals surface area contributed by atoms with Crippen LogP contribution in [0.3, 0.4) is 0 Å². The first-order valence-corrected chi connectivity index (χ1v) is 4.75. The average Bonchev–Trinajstić information content (AvgIpc) is 2.19. The highest BCUT2D eigenvalue weighted by Gasteiger charge is 2.20. The van der Waals surface area contributed by atoms with Gasteiger partial charge in [-0.05, 0) is 18.6 Å². The molecule has 0 fully saturated rings. The van der Waals surface area contributed by atoms with E-state index in [2.05, 4.69) is 4.74 Å². The highest BCUT2D eigenvalue weighted by Crippen LogP contribution is 2.30. The standard InChI is InChI=1S/C10H9F2NO5/c1-5-2-6(3-9(14)15)7(13(16)17)4-8(5)18-10(11)12/h2,4,10H,3H2,1H3,(H,14,15). The van der Waals surface area contributed by atoms with Crippen molar-refractivity contribution >= 4 is 11.7 Å². The van der Waals surface area contributed by atoms with Crippen LogP contribution in [0.4, 0.5) is 14.5 Å². The number of alkyl halides is 2. The smallest absolute Gasteiger partial charge is 0.387 e. The van der Waals surface area contributed by atoms with E-state index in [0.717, 1.165) is 12.1 Å². The second kappa shape index (κ2) is 5.39. The second-order valence-corrected chi connectivity index (χ2v) is 3.45. The minimum absolute atomic E-state index is 0.0633. The molecule has 1 N–H and O–H groups in total. The summed E-state index contributed by atoms with van der Waals surface area (Å²) in [6.07, 6.45) is -0.563. The van der Waals surface area contributed by atoms with Crippen LogP contribution in [0, 0.1) is 17.0 Å². The number of hydrogen-bond acceptors (Lipinski definition) is 4. The van der Waals surface area contributed by atoms with Gasteiger partial charge in [0.2, 0.25) is 0 Å². The molecule has 8 heteroatoms. The number of rotatable bonds is 5. The molecule has 0 saturated heterocycles. The van der Waals surface area contributed by atoms with Gasteiger partial charge in [0.1, 0.15) is 5.75 Å². The SMILES string of the molecule is Cc1cc(CC(=O)O)c([N+](=O)[O-])cc1OC(F)F. The Morgan fingerprint density at radius 2 is 2.17 bits per heavy atom. The molecule has 1 aromatic carbocycles. The summed E-state index contributed by atoms with van der Waals surface area (Å²) >= 11 is 0. The predicted octanol–water partition coefficient (Wildman–Crippen LogP) is 2.13. The quantitative estimate of drug-likeness (QED) is 0.647. The molecule has 0 spiro atoms. The van der Waals surface area contributed by atoms with Crippen molar-refractivity contribution in [3.05, 3.63) is 33.4 Å². The van der Waals surface area contributed by atoms with Gasteiger partial charge in [-0.1, -0.05) is 0 Å². The van der Waals surface area contributed by atoms with Crippen molar-refractivity contribution in [1.29, 1.82) is 0 Å². The lowest BCUT2D eigenvalue weighted by molar-refractivity contribution is -0.385. The van der Waals surface area contributed by atoms with Gasteiger partial charge in [0.15, 0.2) is 0 Å². The lowest BCUT2D eigenvalue weighted by Gasteiger charge is -2.09. The minimum atomic E-state index is -3.10. The highest BCUT2D eigenvalue weighted by molar-refractivity contribution is 5.72. The molecule has 0 radical (unpaired) electrons. The summed E-state index contributed by atoms with van der Waals surface area (Å²) < 4.78 is 28.2. The van der Waals surface area contributed by atoms with Gasteiger partial charge >= 0.3 is 12.6 Å². The van der Waals surface area contributed by atoms with Crippen LogP contribution in [0.2, 0.25) is 0 Å². The normalized spacial score (nSPS) is 10.4. The van der Waals surface area contributed by atoms with Crippen molar-refractivity contribution in [2.75, 3.05) is 0 Å². The number of nitro groups is 1. The number of carboxylic acids is 1. The van der Waals surface area contributed by atoms with Gasteiger partial charge in [-0.3, -0.25) is 14.9 Å². The van der Waals surface area contributed by atoms with E-state index < -0.39 is 29.6 Å². The van der Waals surface area contributed by atoms with Gasteiger partial charge in [-0.15, -0.1) is 0 Å². The number of ether oxygens (including phenoxy) is 1. The summed E-state index contributed by atoms with van der Waals surface area (Å²) in [5.74, 6) is -1.59. The summed E-state index contributed by atoms with van der Waals surface area (Å²) in [6.45, 7) is -1.71. The van der Waals surface area contributed by atoms with Crippen LogP contribution in [0.1, 0.15) is 11.1 Å². The molecule has 1 rings (SSSR count). The summed E-state index contributed by atoms with van der Waals surface area (Å²) in [5.41, 5.74) is -0.414. The number of nitrogens with zero attached hydrogens (tertiary/aromatic N) is 1. The van der Waals surface area contributed by atoms with Crippen LogP contribution in [-0.4, -0.2) is 22.6 Å². The Morgan fingerprint density at radius 1 is 1.56 bits per heavy atom. The molecule has 0 bridgehead atoms. The molecule has 18 heavy (non-hydrogen) atoms. The van der Waals surface area contributed by atoms with Gasteiger partial charge in [0.25, 0.3) is 5.69 Å². The number of carboxylic acid groups (broad SMARTS) is 1. The molecule has 6 nitrogen and oxygen atoms in total. The average molecular weight is 261 g/mol. The van der Waals surface area contributed by atoms with E-state index in [1.54, 1.807) is 0 Å². The first-order chi connectivity index (χ1) is 8.31. The molecule has 0 amide bonds. The number of carbonyl (C=O) groups is 1. The van der Waals surface area contributed by atoms with Gasteiger partial charge in [0, 0.05) is 5.56 Å². The first-order valence-electron chi connectivity index (χ1n) is 4.75. The third kappa shape index (κ3) is 3.37. The molecule has 0 heterocycles. The summed E-state index contributed by atoms with van der Waals surface area (Å²) in [6, 6.07) is 1.96. The monoisotopic (exact) mass is 261 g/mol. The zero-order chi connectivity index (χ0) is 13.9. The third-order valence-electron chi connectivity index (χ3n) is 2.13. The molecule has 0 atom stereocenters. The Balaban J connectivity index is 3.25. The van der Waals surface area contributed by atoms with Gasteiger partial charge in [-0.25, -0.2) is 0 Å². The molecular formula is C10H9F2NO5. The van der Waals surface area contributed by atoms with Crippen LogP contribution in [0.5, 0.6) is 5.75 Å². The van der Waals surface area contributed by atoms with Crippen LogP contribution >= 0.6 is 0 Å². The molecule has 0 aliphatic heterocycles. The van der Waals surface area contributed by atoms with Crippen molar-refractivity contribution in [3.63, 3.8) is 0 Å². The molecule has 0 aromatic heterocycles. The van der Waals surface area contributed by atoms with Crippen molar-refractivity contribution in [1.82, 2.24) is 0 Å². The maximum absolute atomic E-state index is 12.1. The number of hydrogen-bond donors (Lipinski definition) is 1. The fourth-order valence-electron chi connectivity index (χ4n) is 1.43. The number of aryl methyl sites for hydroxylation is 1. The van der Waals surface area contributed by atoms with Crippen molar-refractivity contribution < 1.29 is 28.3 Å². The van der Waals surface area contributed by atoms with Crippen molar-refractivity contribution in [2.45, 2.75) is 20.0 Å². The van der Waals surface area contributed by atoms with Crippen LogP contribution in [0.25, 0.3) is 0 Å². The molecule has 1 aromatic rings. The van der Waals surface area contributed by atoms with E-state index in [9.17, 15) is 23.7 Å². The topological polar surface area (TPSA) is 89.7 Å². The van der Waals surface area contributed by atoms with E-state index in [0.29, 0.717) is 0 Å². The highest BCUT2D eigenvalue weighted by atomic mass is 19.3. The fourth-order valence-corrected chi connectivity index (χ4v) is 1.43. The number of aliphatic carboxylic acids is 1. The Hall–Kier alpha value is -2.25. The summed E-state index contributed by atoms with van der Waals surface area (Å²) in [4.78, 5) is 20.4. The zero-order valence-corrected chi connectivity index (χ0v) is 9.22. The third-order valence-corrected chi connectivity index (χ3v) is 2.13. The molecule has 0 saturated carbocycles. The summed E-state index contributed by atoms with van der Waals surface area (Å²) in [5, 5.41) is 19.3. The van der Waals surface area contributed by atoms with Crippen molar-refractivity contribution in [2.24, 2.45) is 0 Å². The van der Waals surface area contributed by atoms with E-state index in [1.165, 1.54) is 6.92 Å². The van der Waals surface area contributed by atoms with Crippen molar-refractivity contribution in [3.8, 4) is 5.75 Å². The minimum Gasteiger partial charge on any atom is -0.481 e. The van der Waals surface area contributed by atoms with E-state index in [1.807, 2.05) is 0 Å². The fraction of sp³-hybridized carbons (Fsp3) is 0.300. The molecule has 98 valence electrons. The second-order valence-electron chi connectivity index (χ2n) is 3.45. The Bertz CT molecular complexity index is 489. The predicted molar refractivity (Wildman–Crippen MR) is 55.8 cm³/mol. The Kier molecular flexibility index (Phi) is 4.13. The van der Waals surface area contributed by atoms with E-state index in [4.69, 9.17) is 5.11 Å². The lowest BCUT2D eigenvalue weighted by atomic mass is 10.1. The largest absolute Gasteiger partial charge is 0.481 e. The lowest BCUT2D eigenvalue weighted by Crippen LogP contribution is -2.07. The maximum atomic E-state index is 12.1.